The molecule has 162 valence electrons. The van der Waals surface area contributed by atoms with Crippen LogP contribution in [0.5, 0.6) is 0 Å². The van der Waals surface area contributed by atoms with Gasteiger partial charge >= 0.3 is 0 Å². The molecule has 0 aliphatic carbocycles. The average Bonchev–Trinajstić information content (AvgIpc) is 3.09. The molecule has 1 unspecified atom stereocenters. The van der Waals surface area contributed by atoms with Crippen LogP contribution in [0.15, 0.2) is 35.3 Å². The highest BCUT2D eigenvalue weighted by Crippen LogP contribution is 2.21. The Balaban J connectivity index is 0.00000300. The summed E-state index contributed by atoms with van der Waals surface area (Å²) in [5.74, 6) is 1.79. The minimum Gasteiger partial charge on any atom is -0.357 e. The Morgan fingerprint density at radius 1 is 1.17 bits per heavy atom. The standard InChI is InChI=1S/C22H35N5O.HI/c1-3-23-22(24-13-10-18-11-14-26(4-2)15-12-18)25-19-16-21(28)27(17-19)20-8-6-5-7-9-20;/h5-9,18-19H,3-4,10-17H2,1-2H3,(H2,23,24,25);1H. The number of carbonyl (C=O) groups excluding carboxylic acids is 1. The van der Waals surface area contributed by atoms with Crippen LogP contribution >= 0.6 is 24.0 Å². The van der Waals surface area contributed by atoms with Crippen molar-refractivity contribution < 1.29 is 4.79 Å². The molecular weight excluding hydrogens is 477 g/mol. The predicted molar refractivity (Wildman–Crippen MR) is 131 cm³/mol. The fourth-order valence-electron chi connectivity index (χ4n) is 4.13. The molecule has 0 radical (unpaired) electrons. The SMILES string of the molecule is CCNC(=NCCC1CCN(CC)CC1)NC1CC(=O)N(c2ccccc2)C1.I. The molecular formula is C22H36IN5O. The van der Waals surface area contributed by atoms with Gasteiger partial charge in [-0.05, 0) is 63.9 Å². The van der Waals surface area contributed by atoms with E-state index >= 15 is 0 Å². The number of hydrogen-bond acceptors (Lipinski definition) is 3. The van der Waals surface area contributed by atoms with Crippen LogP contribution < -0.4 is 15.5 Å². The van der Waals surface area contributed by atoms with E-state index in [0.717, 1.165) is 37.1 Å². The molecule has 0 spiro atoms. The van der Waals surface area contributed by atoms with Crippen molar-refractivity contribution in [1.82, 2.24) is 15.5 Å². The van der Waals surface area contributed by atoms with Gasteiger partial charge in [0.05, 0.1) is 6.04 Å². The number of aliphatic imine (C=N–C) groups is 1. The van der Waals surface area contributed by atoms with Gasteiger partial charge in [0.15, 0.2) is 5.96 Å². The maximum atomic E-state index is 12.4. The summed E-state index contributed by atoms with van der Waals surface area (Å²) in [6.07, 6.45) is 4.23. The van der Waals surface area contributed by atoms with E-state index in [-0.39, 0.29) is 35.9 Å². The first-order chi connectivity index (χ1) is 13.7. The molecule has 2 heterocycles. The number of hydrogen-bond donors (Lipinski definition) is 2. The van der Waals surface area contributed by atoms with Crippen molar-refractivity contribution in [2.75, 3.05) is 44.2 Å². The Labute approximate surface area is 192 Å². The average molecular weight is 513 g/mol. The fraction of sp³-hybridized carbons (Fsp3) is 0.636. The molecule has 2 fully saturated rings. The van der Waals surface area contributed by atoms with Crippen molar-refractivity contribution in [1.29, 1.82) is 0 Å². The second kappa shape index (κ2) is 12.4. The van der Waals surface area contributed by atoms with Gasteiger partial charge in [-0.2, -0.15) is 0 Å². The van der Waals surface area contributed by atoms with Crippen molar-refractivity contribution in [2.24, 2.45) is 10.9 Å². The van der Waals surface area contributed by atoms with Gasteiger partial charge in [-0.3, -0.25) is 9.79 Å². The first kappa shape index (κ1) is 23.9. The van der Waals surface area contributed by atoms with Gasteiger partial charge in [0.25, 0.3) is 0 Å². The molecule has 6 nitrogen and oxygen atoms in total. The van der Waals surface area contributed by atoms with Gasteiger partial charge in [0, 0.05) is 31.7 Å². The first-order valence-electron chi connectivity index (χ1n) is 10.8. The molecule has 2 aliphatic heterocycles. The second-order valence-corrected chi connectivity index (χ2v) is 7.81. The fourth-order valence-corrected chi connectivity index (χ4v) is 4.13. The van der Waals surface area contributed by atoms with Gasteiger partial charge < -0.3 is 20.4 Å². The van der Waals surface area contributed by atoms with Crippen LogP contribution in [0.1, 0.15) is 39.5 Å². The van der Waals surface area contributed by atoms with E-state index in [1.807, 2.05) is 35.2 Å². The number of guanidine groups is 1. The second-order valence-electron chi connectivity index (χ2n) is 7.81. The van der Waals surface area contributed by atoms with Gasteiger partial charge in [0.2, 0.25) is 5.91 Å². The number of para-hydroxylation sites is 1. The number of rotatable bonds is 7. The van der Waals surface area contributed by atoms with Crippen molar-refractivity contribution in [3.63, 3.8) is 0 Å². The highest BCUT2D eigenvalue weighted by molar-refractivity contribution is 14.0. The number of nitrogens with one attached hydrogen (secondary N) is 2. The number of nitrogens with zero attached hydrogens (tertiary/aromatic N) is 3. The monoisotopic (exact) mass is 513 g/mol. The molecule has 7 heteroatoms. The molecule has 0 bridgehead atoms. The van der Waals surface area contributed by atoms with Gasteiger partial charge in [-0.25, -0.2) is 0 Å². The van der Waals surface area contributed by atoms with E-state index in [1.54, 1.807) is 0 Å². The molecule has 1 aromatic carbocycles. The number of carbonyl (C=O) groups is 1. The third-order valence-electron chi connectivity index (χ3n) is 5.84. The normalized spacial score (nSPS) is 21.2. The lowest BCUT2D eigenvalue weighted by Gasteiger charge is -2.30. The van der Waals surface area contributed by atoms with E-state index in [0.29, 0.717) is 13.0 Å². The minimum atomic E-state index is 0. The summed E-state index contributed by atoms with van der Waals surface area (Å²) >= 11 is 0. The maximum Gasteiger partial charge on any atom is 0.229 e. The maximum absolute atomic E-state index is 12.4. The zero-order valence-corrected chi connectivity index (χ0v) is 20.1. The van der Waals surface area contributed by atoms with Crippen molar-refractivity contribution >= 4 is 41.5 Å². The summed E-state index contributed by atoms with van der Waals surface area (Å²) in [5.41, 5.74) is 0.970. The molecule has 2 saturated heterocycles. The molecule has 0 saturated carbocycles. The predicted octanol–water partition coefficient (Wildman–Crippen LogP) is 3.09. The summed E-state index contributed by atoms with van der Waals surface area (Å²) in [5, 5.41) is 6.80. The van der Waals surface area contributed by atoms with Crippen LogP contribution in [0.3, 0.4) is 0 Å². The highest BCUT2D eigenvalue weighted by Gasteiger charge is 2.31. The molecule has 1 atom stereocenters. The van der Waals surface area contributed by atoms with E-state index in [9.17, 15) is 4.79 Å². The number of benzene rings is 1. The third-order valence-corrected chi connectivity index (χ3v) is 5.84. The van der Waals surface area contributed by atoms with Crippen LogP contribution in [-0.2, 0) is 4.79 Å². The number of piperidine rings is 1. The third kappa shape index (κ3) is 7.13. The van der Waals surface area contributed by atoms with E-state index in [1.165, 1.54) is 32.5 Å². The number of likely N-dealkylation sites (tertiary alicyclic amines) is 1. The van der Waals surface area contributed by atoms with Gasteiger partial charge in [-0.1, -0.05) is 25.1 Å². The van der Waals surface area contributed by atoms with Crippen molar-refractivity contribution in [3.8, 4) is 0 Å². The van der Waals surface area contributed by atoms with Crippen LogP contribution in [-0.4, -0.2) is 62.1 Å². The Morgan fingerprint density at radius 2 is 1.90 bits per heavy atom. The molecule has 1 amide bonds. The number of anilines is 1. The highest BCUT2D eigenvalue weighted by atomic mass is 127. The van der Waals surface area contributed by atoms with Gasteiger partial charge in [0.1, 0.15) is 0 Å². The van der Waals surface area contributed by atoms with Crippen LogP contribution in [0.4, 0.5) is 5.69 Å². The molecule has 2 aliphatic rings. The van der Waals surface area contributed by atoms with E-state index in [2.05, 4.69) is 29.4 Å². The zero-order chi connectivity index (χ0) is 19.8. The largest absolute Gasteiger partial charge is 0.357 e. The summed E-state index contributed by atoms with van der Waals surface area (Å²) in [7, 11) is 0. The van der Waals surface area contributed by atoms with Crippen LogP contribution in [0.2, 0.25) is 0 Å². The number of amides is 1. The van der Waals surface area contributed by atoms with Gasteiger partial charge in [-0.15, -0.1) is 24.0 Å². The summed E-state index contributed by atoms with van der Waals surface area (Å²) < 4.78 is 0. The lowest BCUT2D eigenvalue weighted by molar-refractivity contribution is -0.117. The molecule has 1 aromatic rings. The molecule has 29 heavy (non-hydrogen) atoms. The number of halogens is 1. The van der Waals surface area contributed by atoms with Crippen molar-refractivity contribution in [3.05, 3.63) is 30.3 Å². The minimum absolute atomic E-state index is 0. The molecule has 3 rings (SSSR count). The summed E-state index contributed by atoms with van der Waals surface area (Å²) in [6.45, 7) is 10.3. The smallest absolute Gasteiger partial charge is 0.229 e. The summed E-state index contributed by atoms with van der Waals surface area (Å²) in [4.78, 5) is 21.6. The Morgan fingerprint density at radius 3 is 2.55 bits per heavy atom. The van der Waals surface area contributed by atoms with Crippen molar-refractivity contribution in [2.45, 2.75) is 45.6 Å². The lowest BCUT2D eigenvalue weighted by Crippen LogP contribution is -2.44. The van der Waals surface area contributed by atoms with E-state index in [4.69, 9.17) is 4.99 Å². The molecule has 0 aromatic heterocycles. The first-order valence-corrected chi connectivity index (χ1v) is 10.8. The quantitative estimate of drug-likeness (QED) is 0.334. The molecule has 2 N–H and O–H groups in total. The van der Waals surface area contributed by atoms with Crippen LogP contribution in [0, 0.1) is 5.92 Å². The van der Waals surface area contributed by atoms with Crippen LogP contribution in [0.25, 0.3) is 0 Å². The van der Waals surface area contributed by atoms with E-state index < -0.39 is 0 Å². The Kier molecular flexibility index (Phi) is 10.2. The topological polar surface area (TPSA) is 60.0 Å². The lowest BCUT2D eigenvalue weighted by atomic mass is 9.94. The summed E-state index contributed by atoms with van der Waals surface area (Å²) in [6, 6.07) is 9.99. The zero-order valence-electron chi connectivity index (χ0n) is 17.8. The Hall–Kier alpha value is -1.35. The Bertz CT molecular complexity index is 646.